The van der Waals surface area contributed by atoms with Crippen LogP contribution in [0.3, 0.4) is 0 Å². The summed E-state index contributed by atoms with van der Waals surface area (Å²) >= 11 is 0. The highest BCUT2D eigenvalue weighted by Gasteiger charge is 2.22. The Morgan fingerprint density at radius 2 is 0.680 bits per heavy atom. The molecule has 0 aliphatic rings. The predicted molar refractivity (Wildman–Crippen MR) is 216 cm³/mol. The number of hydrogen-bond acceptors (Lipinski definition) is 1. The third-order valence-corrected chi connectivity index (χ3v) is 11.1. The van der Waals surface area contributed by atoms with Crippen molar-refractivity contribution >= 4 is 17.1 Å². The van der Waals surface area contributed by atoms with Crippen LogP contribution in [0, 0.1) is 13.8 Å². The van der Waals surface area contributed by atoms with Crippen molar-refractivity contribution in [2.45, 2.75) is 85.0 Å². The van der Waals surface area contributed by atoms with E-state index in [-0.39, 0.29) is 16.7 Å². The summed E-state index contributed by atoms with van der Waals surface area (Å²) in [6.45, 7) is 18.1. The van der Waals surface area contributed by atoms with Crippen molar-refractivity contribution in [1.82, 2.24) is 0 Å². The standard InChI is InChI=1S/C49H53N/c1-9-48(5,6)42-25-21-41(22-26-42)47(39-15-11-35(3)12-16-39)40-19-17-37(18-20-40)38-23-31-45(32-24-38)50(44-29-13-36(4)14-30-44)46-33-27-43(28-34-46)49(7,8)10-2/h11-34,47H,9-10H2,1-8H3. The first-order valence-electron chi connectivity index (χ1n) is 18.3. The fraction of sp³-hybridized carbons (Fsp3) is 0.265. The molecular formula is C49H53N. The summed E-state index contributed by atoms with van der Waals surface area (Å²) in [5.41, 5.74) is 15.5. The Morgan fingerprint density at radius 1 is 0.400 bits per heavy atom. The van der Waals surface area contributed by atoms with E-state index in [4.69, 9.17) is 0 Å². The smallest absolute Gasteiger partial charge is 0.0462 e. The first-order chi connectivity index (χ1) is 24.0. The molecule has 1 nitrogen and oxygen atoms in total. The van der Waals surface area contributed by atoms with Crippen molar-refractivity contribution in [3.63, 3.8) is 0 Å². The first kappa shape index (κ1) is 35.0. The number of hydrogen-bond donors (Lipinski definition) is 0. The Labute approximate surface area is 301 Å². The molecular weight excluding hydrogens is 603 g/mol. The molecule has 50 heavy (non-hydrogen) atoms. The van der Waals surface area contributed by atoms with Crippen molar-refractivity contribution in [1.29, 1.82) is 0 Å². The maximum Gasteiger partial charge on any atom is 0.0462 e. The van der Waals surface area contributed by atoms with Crippen LogP contribution in [-0.2, 0) is 10.8 Å². The molecule has 0 spiro atoms. The van der Waals surface area contributed by atoms with Crippen molar-refractivity contribution in [3.05, 3.63) is 185 Å². The van der Waals surface area contributed by atoms with Crippen LogP contribution in [0.25, 0.3) is 11.1 Å². The molecule has 0 aromatic heterocycles. The molecule has 0 aliphatic heterocycles. The van der Waals surface area contributed by atoms with Gasteiger partial charge in [-0.3, -0.25) is 0 Å². The largest absolute Gasteiger partial charge is 0.311 e. The summed E-state index contributed by atoms with van der Waals surface area (Å²) in [4.78, 5) is 2.36. The second kappa shape index (κ2) is 14.5. The summed E-state index contributed by atoms with van der Waals surface area (Å²) in [6, 6.07) is 54.5. The van der Waals surface area contributed by atoms with Crippen LogP contribution in [0.4, 0.5) is 17.1 Å². The van der Waals surface area contributed by atoms with E-state index in [9.17, 15) is 0 Å². The average molecular weight is 656 g/mol. The van der Waals surface area contributed by atoms with Gasteiger partial charge in [-0.1, -0.05) is 162 Å². The summed E-state index contributed by atoms with van der Waals surface area (Å²) < 4.78 is 0. The summed E-state index contributed by atoms with van der Waals surface area (Å²) in [7, 11) is 0. The fourth-order valence-electron chi connectivity index (χ4n) is 6.74. The van der Waals surface area contributed by atoms with E-state index in [2.05, 4.69) is 206 Å². The number of nitrogens with zero attached hydrogens (tertiary/aromatic N) is 1. The zero-order valence-electron chi connectivity index (χ0n) is 31.3. The summed E-state index contributed by atoms with van der Waals surface area (Å²) in [6.07, 6.45) is 2.22. The lowest BCUT2D eigenvalue weighted by molar-refractivity contribution is 0.506. The molecule has 0 saturated heterocycles. The van der Waals surface area contributed by atoms with Gasteiger partial charge in [-0.05, 0) is 113 Å². The van der Waals surface area contributed by atoms with Crippen LogP contribution in [0.2, 0.25) is 0 Å². The molecule has 0 saturated carbocycles. The first-order valence-corrected chi connectivity index (χ1v) is 18.3. The van der Waals surface area contributed by atoms with Crippen LogP contribution in [0.15, 0.2) is 146 Å². The predicted octanol–water partition coefficient (Wildman–Crippen LogP) is 14.0. The van der Waals surface area contributed by atoms with Gasteiger partial charge in [0, 0.05) is 23.0 Å². The molecule has 0 heterocycles. The van der Waals surface area contributed by atoms with Crippen LogP contribution in [0.1, 0.15) is 99.2 Å². The van der Waals surface area contributed by atoms with Crippen molar-refractivity contribution in [2.75, 3.05) is 4.90 Å². The molecule has 0 N–H and O–H groups in total. The summed E-state index contributed by atoms with van der Waals surface area (Å²) in [5.74, 6) is 0.170. The molecule has 0 bridgehead atoms. The van der Waals surface area contributed by atoms with Gasteiger partial charge in [0.1, 0.15) is 0 Å². The van der Waals surface area contributed by atoms with Crippen LogP contribution in [-0.4, -0.2) is 0 Å². The highest BCUT2D eigenvalue weighted by molar-refractivity contribution is 5.78. The SMILES string of the molecule is CCC(C)(C)c1ccc(C(c2ccc(C)cc2)c2ccc(-c3ccc(N(c4ccc(C)cc4)c4ccc(C(C)(C)CC)cc4)cc3)cc2)cc1. The van der Waals surface area contributed by atoms with E-state index in [1.54, 1.807) is 0 Å². The minimum absolute atomic E-state index is 0.154. The lowest BCUT2D eigenvalue weighted by Crippen LogP contribution is -2.16. The Morgan fingerprint density at radius 3 is 1.08 bits per heavy atom. The van der Waals surface area contributed by atoms with Crippen LogP contribution in [0.5, 0.6) is 0 Å². The molecule has 0 fully saturated rings. The maximum absolute atomic E-state index is 2.36. The van der Waals surface area contributed by atoms with E-state index in [1.165, 1.54) is 50.1 Å². The molecule has 0 radical (unpaired) electrons. The van der Waals surface area contributed by atoms with E-state index >= 15 is 0 Å². The highest BCUT2D eigenvalue weighted by Crippen LogP contribution is 2.39. The van der Waals surface area contributed by atoms with Gasteiger partial charge in [-0.2, -0.15) is 0 Å². The number of rotatable bonds is 11. The van der Waals surface area contributed by atoms with Gasteiger partial charge in [-0.15, -0.1) is 0 Å². The molecule has 0 amide bonds. The van der Waals surface area contributed by atoms with E-state index in [1.807, 2.05) is 0 Å². The monoisotopic (exact) mass is 655 g/mol. The summed E-state index contributed by atoms with van der Waals surface area (Å²) in [5, 5.41) is 0. The Hall–Kier alpha value is -4.88. The molecule has 6 aromatic carbocycles. The molecule has 1 heteroatoms. The zero-order chi connectivity index (χ0) is 35.5. The zero-order valence-corrected chi connectivity index (χ0v) is 31.3. The molecule has 1 atom stereocenters. The van der Waals surface area contributed by atoms with Crippen molar-refractivity contribution in [2.24, 2.45) is 0 Å². The minimum atomic E-state index is 0.154. The Balaban J connectivity index is 1.31. The lowest BCUT2D eigenvalue weighted by Gasteiger charge is -2.28. The Bertz CT molecular complexity index is 1830. The van der Waals surface area contributed by atoms with Gasteiger partial charge in [0.15, 0.2) is 0 Å². The highest BCUT2D eigenvalue weighted by atomic mass is 15.1. The van der Waals surface area contributed by atoms with Crippen LogP contribution < -0.4 is 4.90 Å². The van der Waals surface area contributed by atoms with Gasteiger partial charge in [-0.25, -0.2) is 0 Å². The van der Waals surface area contributed by atoms with Gasteiger partial charge in [0.25, 0.3) is 0 Å². The number of benzene rings is 6. The maximum atomic E-state index is 2.36. The van der Waals surface area contributed by atoms with E-state index in [0.717, 1.165) is 29.9 Å². The van der Waals surface area contributed by atoms with Gasteiger partial charge in [0.05, 0.1) is 0 Å². The fourth-order valence-corrected chi connectivity index (χ4v) is 6.74. The second-order valence-corrected chi connectivity index (χ2v) is 15.3. The normalized spacial score (nSPS) is 12.5. The Kier molecular flexibility index (Phi) is 10.2. The van der Waals surface area contributed by atoms with Gasteiger partial charge < -0.3 is 4.90 Å². The van der Waals surface area contributed by atoms with E-state index < -0.39 is 0 Å². The third-order valence-electron chi connectivity index (χ3n) is 11.1. The quantitative estimate of drug-likeness (QED) is 0.126. The number of aryl methyl sites for hydroxylation is 2. The minimum Gasteiger partial charge on any atom is -0.311 e. The topological polar surface area (TPSA) is 3.24 Å². The lowest BCUT2D eigenvalue weighted by atomic mass is 9.79. The molecule has 6 rings (SSSR count). The van der Waals surface area contributed by atoms with Crippen molar-refractivity contribution in [3.8, 4) is 11.1 Å². The van der Waals surface area contributed by atoms with Gasteiger partial charge >= 0.3 is 0 Å². The molecule has 1 unspecified atom stereocenters. The van der Waals surface area contributed by atoms with Gasteiger partial charge in [0.2, 0.25) is 0 Å². The molecule has 6 aromatic rings. The molecule has 0 aliphatic carbocycles. The average Bonchev–Trinajstić information content (AvgIpc) is 3.14. The number of anilines is 3. The van der Waals surface area contributed by atoms with E-state index in [0.29, 0.717) is 0 Å². The van der Waals surface area contributed by atoms with Crippen LogP contribution >= 0.6 is 0 Å². The third kappa shape index (κ3) is 7.48. The second-order valence-electron chi connectivity index (χ2n) is 15.3. The molecule has 254 valence electrons. The van der Waals surface area contributed by atoms with Crippen molar-refractivity contribution < 1.29 is 0 Å².